The predicted molar refractivity (Wildman–Crippen MR) is 81.4 cm³/mol. The number of nitrogens with one attached hydrogen (secondary N) is 3. The van der Waals surface area contributed by atoms with Gasteiger partial charge >= 0.3 is 5.97 Å². The fourth-order valence-electron chi connectivity index (χ4n) is 2.04. The second-order valence-electron chi connectivity index (χ2n) is 5.85. The smallest absolute Gasteiger partial charge is 0.358 e. The van der Waals surface area contributed by atoms with Crippen molar-refractivity contribution in [2.24, 2.45) is 0 Å². The summed E-state index contributed by atoms with van der Waals surface area (Å²) in [6.45, 7) is 8.47. The Morgan fingerprint density at radius 3 is 2.90 bits per heavy atom. The minimum atomic E-state index is -1.19. The lowest BCUT2D eigenvalue weighted by atomic mass is 10.1. The van der Waals surface area contributed by atoms with E-state index in [1.165, 1.54) is 0 Å². The van der Waals surface area contributed by atoms with Gasteiger partial charge in [-0.1, -0.05) is 0 Å². The lowest BCUT2D eigenvalue weighted by Gasteiger charge is -2.29. The van der Waals surface area contributed by atoms with Crippen molar-refractivity contribution in [3.8, 4) is 0 Å². The van der Waals surface area contributed by atoms with Crippen LogP contribution in [0.3, 0.4) is 0 Å². The standard InChI is InChI=1S/C13H22N4O3S/c1-5-20-12(18)11-10-9(15-16-11)8(6-7-14-10)17-21(19)13(2,3)4/h8,14,17H,5-7H2,1-4H3,(H,15,16)/t8-,21-/m0/s1. The van der Waals surface area contributed by atoms with Crippen LogP contribution in [0.4, 0.5) is 5.69 Å². The van der Waals surface area contributed by atoms with Crippen molar-refractivity contribution in [1.82, 2.24) is 14.9 Å². The Bertz CT molecular complexity index is 512. The van der Waals surface area contributed by atoms with Crippen molar-refractivity contribution >= 4 is 23.0 Å². The fourth-order valence-corrected chi connectivity index (χ4v) is 2.88. The number of H-pyrrole nitrogens is 1. The third-order valence-corrected chi connectivity index (χ3v) is 4.76. The van der Waals surface area contributed by atoms with Crippen LogP contribution in [0.5, 0.6) is 0 Å². The van der Waals surface area contributed by atoms with Crippen molar-refractivity contribution in [2.75, 3.05) is 18.5 Å². The number of fused-ring (bicyclic) bond motifs is 1. The summed E-state index contributed by atoms with van der Waals surface area (Å²) in [5.74, 6) is -0.434. The van der Waals surface area contributed by atoms with Gasteiger partial charge in [0.25, 0.3) is 0 Å². The minimum absolute atomic E-state index is 0.152. The highest BCUT2D eigenvalue weighted by molar-refractivity contribution is 7.90. The summed E-state index contributed by atoms with van der Waals surface area (Å²) in [6.07, 6.45) is 0.752. The molecule has 2 atom stereocenters. The van der Waals surface area contributed by atoms with Gasteiger partial charge in [-0.25, -0.2) is 4.79 Å². The zero-order chi connectivity index (χ0) is 15.6. The van der Waals surface area contributed by atoms with E-state index < -0.39 is 17.3 Å². The summed E-state index contributed by atoms with van der Waals surface area (Å²) >= 11 is -1.19. The van der Waals surface area contributed by atoms with Gasteiger partial charge in [-0.2, -0.15) is 5.10 Å². The van der Waals surface area contributed by atoms with Crippen molar-refractivity contribution in [3.63, 3.8) is 0 Å². The molecule has 0 fully saturated rings. The molecule has 3 N–H and O–H groups in total. The highest BCUT2D eigenvalue weighted by Gasteiger charge is 2.35. The number of carbonyl (C=O) groups is 1. The lowest BCUT2D eigenvalue weighted by Crippen LogP contribution is -2.42. The average molecular weight is 314 g/mol. The molecule has 0 aromatic carbocycles. The third kappa shape index (κ3) is 3.50. The molecule has 0 aliphatic carbocycles. The number of hydrogen-bond donors (Lipinski definition) is 3. The molecule has 1 aliphatic heterocycles. The van der Waals surface area contributed by atoms with Crippen LogP contribution >= 0.6 is 0 Å². The van der Waals surface area contributed by atoms with Gasteiger partial charge in [0.05, 0.1) is 12.3 Å². The molecule has 21 heavy (non-hydrogen) atoms. The van der Waals surface area contributed by atoms with Crippen LogP contribution < -0.4 is 10.0 Å². The first-order valence-electron chi connectivity index (χ1n) is 7.02. The molecule has 0 amide bonds. The normalized spacial score (nSPS) is 19.6. The van der Waals surface area contributed by atoms with E-state index in [0.29, 0.717) is 30.2 Å². The van der Waals surface area contributed by atoms with E-state index in [1.807, 2.05) is 20.8 Å². The number of aromatic amines is 1. The molecule has 118 valence electrons. The lowest BCUT2D eigenvalue weighted by molar-refractivity contribution is 0.0520. The second kappa shape index (κ2) is 6.25. The molecule has 7 nitrogen and oxygen atoms in total. The van der Waals surface area contributed by atoms with Crippen LogP contribution in [-0.4, -0.2) is 38.6 Å². The molecular weight excluding hydrogens is 292 g/mol. The fraction of sp³-hybridized carbons (Fsp3) is 0.692. The molecular formula is C13H22N4O3S. The van der Waals surface area contributed by atoms with E-state index in [9.17, 15) is 9.35 Å². The van der Waals surface area contributed by atoms with Crippen molar-refractivity contribution in [2.45, 2.75) is 44.9 Å². The van der Waals surface area contributed by atoms with Gasteiger partial charge in [-0.15, -0.1) is 4.72 Å². The van der Waals surface area contributed by atoms with E-state index in [1.54, 1.807) is 6.92 Å². The molecule has 2 rings (SSSR count). The number of anilines is 1. The van der Waals surface area contributed by atoms with Crippen molar-refractivity contribution in [3.05, 3.63) is 11.4 Å². The van der Waals surface area contributed by atoms with E-state index in [-0.39, 0.29) is 10.8 Å². The van der Waals surface area contributed by atoms with Gasteiger partial charge < -0.3 is 14.6 Å². The number of ether oxygens (including phenoxy) is 1. The molecule has 8 heteroatoms. The Labute approximate surface area is 127 Å². The van der Waals surface area contributed by atoms with Crippen LogP contribution in [0.1, 0.15) is 56.3 Å². The summed E-state index contributed by atoms with van der Waals surface area (Å²) in [5, 5.41) is 10.1. The zero-order valence-corrected chi connectivity index (χ0v) is 13.6. The molecule has 1 aromatic rings. The first-order chi connectivity index (χ1) is 9.84. The Hall–Kier alpha value is -1.25. The molecule has 1 aromatic heterocycles. The van der Waals surface area contributed by atoms with E-state index >= 15 is 0 Å². The maximum atomic E-state index is 12.2. The highest BCUT2D eigenvalue weighted by atomic mass is 32.2. The quantitative estimate of drug-likeness (QED) is 0.575. The summed E-state index contributed by atoms with van der Waals surface area (Å²) in [6, 6.07) is -0.152. The SMILES string of the molecule is CCOC(=O)c1[nH]nc2c1NCC[C@@H]2N[S@@+]([O-])C(C)(C)C. The van der Waals surface area contributed by atoms with Gasteiger partial charge in [0.2, 0.25) is 0 Å². The Morgan fingerprint density at radius 2 is 2.29 bits per heavy atom. The Kier molecular flexibility index (Phi) is 4.80. The zero-order valence-electron chi connectivity index (χ0n) is 12.8. The van der Waals surface area contributed by atoms with Crippen LogP contribution in [0, 0.1) is 0 Å². The van der Waals surface area contributed by atoms with Gasteiger partial charge in [0, 0.05) is 17.9 Å². The molecule has 0 bridgehead atoms. The number of esters is 1. The number of aromatic nitrogens is 2. The maximum absolute atomic E-state index is 12.2. The Morgan fingerprint density at radius 1 is 1.57 bits per heavy atom. The van der Waals surface area contributed by atoms with Crippen LogP contribution in [-0.2, 0) is 16.1 Å². The van der Waals surface area contributed by atoms with Crippen LogP contribution in [0.15, 0.2) is 0 Å². The average Bonchev–Trinajstić information content (AvgIpc) is 2.82. The molecule has 1 aliphatic rings. The van der Waals surface area contributed by atoms with E-state index in [0.717, 1.165) is 6.42 Å². The number of hydrogen-bond acceptors (Lipinski definition) is 6. The monoisotopic (exact) mass is 314 g/mol. The van der Waals surface area contributed by atoms with Crippen LogP contribution in [0.25, 0.3) is 0 Å². The summed E-state index contributed by atoms with van der Waals surface area (Å²) in [4.78, 5) is 11.9. The molecule has 0 spiro atoms. The van der Waals surface area contributed by atoms with Gasteiger partial charge in [0.15, 0.2) is 5.69 Å². The van der Waals surface area contributed by atoms with Gasteiger partial charge in [-0.05, 0) is 34.1 Å². The molecule has 0 radical (unpaired) electrons. The first-order valence-corrected chi connectivity index (χ1v) is 8.17. The number of carbonyl (C=O) groups excluding carboxylic acids is 1. The van der Waals surface area contributed by atoms with Gasteiger partial charge in [-0.3, -0.25) is 5.10 Å². The topological polar surface area (TPSA) is 102 Å². The predicted octanol–water partition coefficient (Wildman–Crippen LogP) is 1.49. The molecule has 2 heterocycles. The largest absolute Gasteiger partial charge is 0.598 e. The molecule has 0 unspecified atom stereocenters. The Balaban J connectivity index is 2.19. The van der Waals surface area contributed by atoms with E-state index in [4.69, 9.17) is 4.74 Å². The second-order valence-corrected chi connectivity index (χ2v) is 7.84. The molecule has 0 saturated carbocycles. The summed E-state index contributed by atoms with van der Waals surface area (Å²) in [7, 11) is 0. The molecule has 0 saturated heterocycles. The first kappa shape index (κ1) is 16.1. The van der Waals surface area contributed by atoms with Gasteiger partial charge in [0.1, 0.15) is 16.5 Å². The maximum Gasteiger partial charge on any atom is 0.358 e. The van der Waals surface area contributed by atoms with Crippen LogP contribution in [0.2, 0.25) is 0 Å². The van der Waals surface area contributed by atoms with Crippen molar-refractivity contribution < 1.29 is 14.1 Å². The summed E-state index contributed by atoms with van der Waals surface area (Å²) < 4.78 is 20.0. The summed E-state index contributed by atoms with van der Waals surface area (Å²) in [5.41, 5.74) is 1.64. The minimum Gasteiger partial charge on any atom is -0.598 e. The van der Waals surface area contributed by atoms with Crippen molar-refractivity contribution in [1.29, 1.82) is 0 Å². The highest BCUT2D eigenvalue weighted by Crippen LogP contribution is 2.32. The third-order valence-electron chi connectivity index (χ3n) is 3.14. The number of nitrogens with zero attached hydrogens (tertiary/aromatic N) is 1. The van der Waals surface area contributed by atoms with E-state index in [2.05, 4.69) is 20.2 Å². The number of rotatable bonds is 4.